The first-order chi connectivity index (χ1) is 18.4. The Morgan fingerprint density at radius 1 is 1.08 bits per heavy atom. The number of benzene rings is 2. The van der Waals surface area contributed by atoms with Crippen molar-refractivity contribution in [2.75, 3.05) is 32.1 Å². The summed E-state index contributed by atoms with van der Waals surface area (Å²) in [5, 5.41) is 2.99. The highest BCUT2D eigenvalue weighted by atomic mass is 16.5. The predicted octanol–water partition coefficient (Wildman–Crippen LogP) is 4.53. The molecule has 2 aromatic rings. The first kappa shape index (κ1) is 28.6. The maximum atomic E-state index is 13.5. The summed E-state index contributed by atoms with van der Waals surface area (Å²) in [6.45, 7) is 9.24. The Balaban J connectivity index is 1.44. The lowest BCUT2D eigenvalue weighted by Crippen LogP contribution is -2.49. The molecule has 2 aliphatic heterocycles. The number of hydrogen-bond donors (Lipinski definition) is 1. The summed E-state index contributed by atoms with van der Waals surface area (Å²) in [5.74, 6) is -0.116. The number of carbonyl (C=O) groups excluding carboxylic acids is 3. The third-order valence-corrected chi connectivity index (χ3v) is 7.39. The molecule has 2 heterocycles. The molecule has 8 heteroatoms. The fourth-order valence-electron chi connectivity index (χ4n) is 5.50. The second-order valence-corrected chi connectivity index (χ2v) is 11.8. The number of rotatable bonds is 5. The van der Waals surface area contributed by atoms with Crippen molar-refractivity contribution in [3.63, 3.8) is 0 Å². The van der Waals surface area contributed by atoms with E-state index in [9.17, 15) is 14.4 Å². The van der Waals surface area contributed by atoms with Gasteiger partial charge in [0.25, 0.3) is 5.91 Å². The van der Waals surface area contributed by atoms with Crippen LogP contribution in [0.3, 0.4) is 0 Å². The van der Waals surface area contributed by atoms with Crippen LogP contribution in [0.1, 0.15) is 67.1 Å². The smallest absolute Gasteiger partial charge is 0.318 e. The molecule has 2 atom stereocenters. The summed E-state index contributed by atoms with van der Waals surface area (Å²) in [6, 6.07) is 12.9. The Hall–Kier alpha value is -3.39. The zero-order chi connectivity index (χ0) is 28.3. The molecule has 0 spiro atoms. The van der Waals surface area contributed by atoms with E-state index in [1.165, 1.54) is 10.5 Å². The van der Waals surface area contributed by atoms with Crippen LogP contribution in [0.4, 0.5) is 10.5 Å². The number of ether oxygens (including phenoxy) is 1. The number of para-hydroxylation sites is 1. The van der Waals surface area contributed by atoms with Gasteiger partial charge in [0.05, 0.1) is 11.7 Å². The van der Waals surface area contributed by atoms with Gasteiger partial charge in [-0.15, -0.1) is 0 Å². The van der Waals surface area contributed by atoms with E-state index >= 15 is 0 Å². The Morgan fingerprint density at radius 2 is 1.82 bits per heavy atom. The first-order valence-electron chi connectivity index (χ1n) is 13.9. The minimum atomic E-state index is -0.565. The van der Waals surface area contributed by atoms with Gasteiger partial charge in [0.2, 0.25) is 5.91 Å². The minimum absolute atomic E-state index is 0.00460. The number of urea groups is 1. The van der Waals surface area contributed by atoms with E-state index in [-0.39, 0.29) is 29.6 Å². The molecule has 0 bridgehead atoms. The topological polar surface area (TPSA) is 82.2 Å². The molecule has 8 nitrogen and oxygen atoms in total. The van der Waals surface area contributed by atoms with Gasteiger partial charge in [-0.1, -0.05) is 24.3 Å². The molecule has 0 aromatic heterocycles. The number of hydrogen-bond acceptors (Lipinski definition) is 4. The normalized spacial score (nSPS) is 19.3. The van der Waals surface area contributed by atoms with E-state index in [0.717, 1.165) is 36.1 Å². The van der Waals surface area contributed by atoms with Gasteiger partial charge in [0.1, 0.15) is 6.04 Å². The highest BCUT2D eigenvalue weighted by Gasteiger charge is 2.42. The third kappa shape index (κ3) is 6.79. The van der Waals surface area contributed by atoms with Gasteiger partial charge in [-0.25, -0.2) is 4.79 Å². The molecule has 210 valence electrons. The van der Waals surface area contributed by atoms with E-state index in [0.29, 0.717) is 31.6 Å². The molecule has 4 rings (SSSR count). The second kappa shape index (κ2) is 11.8. The third-order valence-electron chi connectivity index (χ3n) is 7.39. The molecule has 0 saturated carbocycles. The van der Waals surface area contributed by atoms with Crippen molar-refractivity contribution in [2.45, 2.75) is 77.7 Å². The van der Waals surface area contributed by atoms with Gasteiger partial charge in [-0.05, 0) is 81.8 Å². The van der Waals surface area contributed by atoms with E-state index in [1.807, 2.05) is 69.0 Å². The van der Waals surface area contributed by atoms with Gasteiger partial charge >= 0.3 is 6.03 Å². The van der Waals surface area contributed by atoms with Crippen LogP contribution in [0.25, 0.3) is 0 Å². The molecule has 2 aromatic carbocycles. The highest BCUT2D eigenvalue weighted by molar-refractivity contribution is 6.06. The summed E-state index contributed by atoms with van der Waals surface area (Å²) in [7, 11) is 3.40. The molecule has 2 aliphatic rings. The summed E-state index contributed by atoms with van der Waals surface area (Å²) in [6.07, 6.45) is 3.29. The molecule has 1 N–H and O–H groups in total. The summed E-state index contributed by atoms with van der Waals surface area (Å²) in [4.78, 5) is 44.6. The van der Waals surface area contributed by atoms with Crippen LogP contribution in [0.15, 0.2) is 42.5 Å². The molecule has 1 saturated heterocycles. The van der Waals surface area contributed by atoms with Gasteiger partial charge in [-0.3, -0.25) is 9.59 Å². The van der Waals surface area contributed by atoms with E-state index < -0.39 is 6.04 Å². The lowest BCUT2D eigenvalue weighted by molar-refractivity contribution is -0.132. The lowest BCUT2D eigenvalue weighted by Gasteiger charge is -2.26. The summed E-state index contributed by atoms with van der Waals surface area (Å²) >= 11 is 0. The summed E-state index contributed by atoms with van der Waals surface area (Å²) in [5.41, 5.74) is 4.33. The second-order valence-electron chi connectivity index (χ2n) is 11.8. The SMILES string of the molecule is Cc1cc(C(=O)N2CCCCc3ccccc32)ccc1CNC(=O)N1C[C@H](OC(C)(C)C)C[C@H]1C(=O)N(C)C. The van der Waals surface area contributed by atoms with Crippen molar-refractivity contribution in [3.8, 4) is 0 Å². The monoisotopic (exact) mass is 534 g/mol. The van der Waals surface area contributed by atoms with Gasteiger partial charge < -0.3 is 24.8 Å². The van der Waals surface area contributed by atoms with Crippen molar-refractivity contribution < 1.29 is 19.1 Å². The molecule has 0 unspecified atom stereocenters. The number of likely N-dealkylation sites (N-methyl/N-ethyl adjacent to an activating group) is 1. The van der Waals surface area contributed by atoms with Crippen LogP contribution in [0.5, 0.6) is 0 Å². The maximum Gasteiger partial charge on any atom is 0.318 e. The van der Waals surface area contributed by atoms with E-state index in [1.54, 1.807) is 19.0 Å². The Bertz CT molecular complexity index is 1220. The fourth-order valence-corrected chi connectivity index (χ4v) is 5.50. The van der Waals surface area contributed by atoms with Crippen LogP contribution < -0.4 is 10.2 Å². The van der Waals surface area contributed by atoms with Crippen molar-refractivity contribution in [3.05, 3.63) is 64.7 Å². The Labute approximate surface area is 232 Å². The number of aryl methyl sites for hydroxylation is 2. The van der Waals surface area contributed by atoms with Crippen LogP contribution in [0.2, 0.25) is 0 Å². The lowest BCUT2D eigenvalue weighted by atomic mass is 10.0. The minimum Gasteiger partial charge on any atom is -0.371 e. The van der Waals surface area contributed by atoms with Crippen molar-refractivity contribution in [1.82, 2.24) is 15.1 Å². The molecule has 0 radical (unpaired) electrons. The number of nitrogens with one attached hydrogen (secondary N) is 1. The fraction of sp³-hybridized carbons (Fsp3) is 0.516. The summed E-state index contributed by atoms with van der Waals surface area (Å²) < 4.78 is 6.11. The number of carbonyl (C=O) groups is 3. The molecule has 4 amide bonds. The zero-order valence-corrected chi connectivity index (χ0v) is 24.1. The number of nitrogens with zero attached hydrogens (tertiary/aromatic N) is 3. The zero-order valence-electron chi connectivity index (χ0n) is 24.1. The van der Waals surface area contributed by atoms with Crippen molar-refractivity contribution >= 4 is 23.5 Å². The molecular weight excluding hydrogens is 492 g/mol. The average Bonchev–Trinajstić information content (AvgIpc) is 3.16. The van der Waals surface area contributed by atoms with Crippen LogP contribution in [-0.2, 0) is 22.5 Å². The largest absolute Gasteiger partial charge is 0.371 e. The number of anilines is 1. The van der Waals surface area contributed by atoms with E-state index in [2.05, 4.69) is 11.4 Å². The highest BCUT2D eigenvalue weighted by Crippen LogP contribution is 2.28. The number of fused-ring (bicyclic) bond motifs is 1. The van der Waals surface area contributed by atoms with Crippen LogP contribution >= 0.6 is 0 Å². The molecular formula is C31H42N4O4. The standard InChI is InChI=1S/C31H42N4O4/c1-21-17-23(28(36)34-16-10-9-12-22-11-7-8-13-26(22)34)14-15-24(21)19-32-30(38)35-20-25(39-31(2,3)4)18-27(35)29(37)33(5)6/h7-8,11,13-15,17,25,27H,9-10,12,16,18-20H2,1-6H3,(H,32,38)/t25-,27+/m1/s1. The first-order valence-corrected chi connectivity index (χ1v) is 13.9. The van der Waals surface area contributed by atoms with Crippen molar-refractivity contribution in [1.29, 1.82) is 0 Å². The molecule has 0 aliphatic carbocycles. The number of likely N-dealkylation sites (tertiary alicyclic amines) is 1. The Morgan fingerprint density at radius 3 is 2.51 bits per heavy atom. The van der Waals surface area contributed by atoms with Gasteiger partial charge in [0, 0.05) is 51.4 Å². The molecule has 1 fully saturated rings. The maximum absolute atomic E-state index is 13.5. The van der Waals surface area contributed by atoms with Crippen LogP contribution in [-0.4, -0.2) is 72.6 Å². The van der Waals surface area contributed by atoms with Gasteiger partial charge in [-0.2, -0.15) is 0 Å². The van der Waals surface area contributed by atoms with E-state index in [4.69, 9.17) is 4.74 Å². The Kier molecular flexibility index (Phi) is 8.64. The number of amides is 4. The quantitative estimate of drug-likeness (QED) is 0.611. The van der Waals surface area contributed by atoms with Gasteiger partial charge in [0.15, 0.2) is 0 Å². The van der Waals surface area contributed by atoms with Crippen molar-refractivity contribution in [2.24, 2.45) is 0 Å². The predicted molar refractivity (Wildman–Crippen MR) is 153 cm³/mol. The average molecular weight is 535 g/mol. The van der Waals surface area contributed by atoms with Crippen LogP contribution in [0, 0.1) is 6.92 Å². The molecule has 39 heavy (non-hydrogen) atoms.